The van der Waals surface area contributed by atoms with Gasteiger partial charge in [0.2, 0.25) is 0 Å². The smallest absolute Gasteiger partial charge is 0.0951 e. The SMILES string of the molecule is COC1CCC(n2cncc2C(N)CO)C1. The number of imidazole rings is 1. The van der Waals surface area contributed by atoms with Crippen LogP contribution >= 0.6 is 0 Å². The largest absolute Gasteiger partial charge is 0.394 e. The van der Waals surface area contributed by atoms with Gasteiger partial charge in [0.25, 0.3) is 0 Å². The zero-order valence-electron chi connectivity index (χ0n) is 9.54. The van der Waals surface area contributed by atoms with Crippen molar-refractivity contribution in [2.24, 2.45) is 5.73 Å². The lowest BCUT2D eigenvalue weighted by Gasteiger charge is -2.18. The molecular formula is C11H19N3O2. The molecule has 0 aromatic carbocycles. The van der Waals surface area contributed by atoms with Crippen molar-refractivity contribution >= 4 is 0 Å². The highest BCUT2D eigenvalue weighted by molar-refractivity contribution is 5.07. The van der Waals surface area contributed by atoms with Crippen LogP contribution in [0.5, 0.6) is 0 Å². The molecule has 2 rings (SSSR count). The minimum Gasteiger partial charge on any atom is -0.394 e. The Kier molecular flexibility index (Phi) is 3.58. The van der Waals surface area contributed by atoms with E-state index < -0.39 is 0 Å². The molecule has 0 bridgehead atoms. The summed E-state index contributed by atoms with van der Waals surface area (Å²) in [6, 6.07) is 0.0594. The number of aromatic nitrogens is 2. The van der Waals surface area contributed by atoms with E-state index >= 15 is 0 Å². The van der Waals surface area contributed by atoms with Gasteiger partial charge < -0.3 is 20.1 Å². The summed E-state index contributed by atoms with van der Waals surface area (Å²) in [6.45, 7) is -0.0495. The van der Waals surface area contributed by atoms with Crippen LogP contribution in [0.3, 0.4) is 0 Å². The van der Waals surface area contributed by atoms with Crippen molar-refractivity contribution in [3.8, 4) is 0 Å². The number of aliphatic hydroxyl groups is 1. The Morgan fingerprint density at radius 2 is 2.50 bits per heavy atom. The van der Waals surface area contributed by atoms with Gasteiger partial charge >= 0.3 is 0 Å². The van der Waals surface area contributed by atoms with Gasteiger partial charge in [-0.05, 0) is 19.3 Å². The highest BCUT2D eigenvalue weighted by Crippen LogP contribution is 2.33. The number of rotatable bonds is 4. The molecule has 16 heavy (non-hydrogen) atoms. The second kappa shape index (κ2) is 4.95. The third-order valence-electron chi connectivity index (χ3n) is 3.36. The normalized spacial score (nSPS) is 27.2. The van der Waals surface area contributed by atoms with Gasteiger partial charge in [0, 0.05) is 19.3 Å². The van der Waals surface area contributed by atoms with Crippen LogP contribution in [-0.4, -0.2) is 34.5 Å². The molecule has 3 N–H and O–H groups in total. The van der Waals surface area contributed by atoms with Crippen LogP contribution in [0.25, 0.3) is 0 Å². The first-order valence-electron chi connectivity index (χ1n) is 5.67. The van der Waals surface area contributed by atoms with Crippen molar-refractivity contribution in [1.29, 1.82) is 0 Å². The minimum atomic E-state index is -0.343. The Labute approximate surface area is 95.2 Å². The monoisotopic (exact) mass is 225 g/mol. The van der Waals surface area contributed by atoms with Crippen LogP contribution in [0.2, 0.25) is 0 Å². The molecule has 0 radical (unpaired) electrons. The molecule has 5 nitrogen and oxygen atoms in total. The number of aliphatic hydroxyl groups excluding tert-OH is 1. The summed E-state index contributed by atoms with van der Waals surface area (Å²) in [5.41, 5.74) is 6.74. The van der Waals surface area contributed by atoms with Crippen molar-refractivity contribution < 1.29 is 9.84 Å². The van der Waals surface area contributed by atoms with Crippen LogP contribution in [0.4, 0.5) is 0 Å². The Morgan fingerprint density at radius 3 is 3.12 bits per heavy atom. The number of hydrogen-bond acceptors (Lipinski definition) is 4. The summed E-state index contributed by atoms with van der Waals surface area (Å²) in [5.74, 6) is 0. The summed E-state index contributed by atoms with van der Waals surface area (Å²) in [4.78, 5) is 4.12. The van der Waals surface area contributed by atoms with Gasteiger partial charge in [-0.3, -0.25) is 0 Å². The van der Waals surface area contributed by atoms with Gasteiger partial charge in [-0.15, -0.1) is 0 Å². The van der Waals surface area contributed by atoms with Gasteiger partial charge in [-0.25, -0.2) is 4.98 Å². The first kappa shape index (κ1) is 11.6. The fourth-order valence-electron chi connectivity index (χ4n) is 2.38. The molecule has 5 heteroatoms. The van der Waals surface area contributed by atoms with Crippen LogP contribution in [0.15, 0.2) is 12.5 Å². The summed E-state index contributed by atoms with van der Waals surface area (Å²) in [5, 5.41) is 9.08. The Bertz CT molecular complexity index is 340. The third-order valence-corrected chi connectivity index (χ3v) is 3.36. The molecule has 90 valence electrons. The van der Waals surface area contributed by atoms with Crippen molar-refractivity contribution in [2.45, 2.75) is 37.5 Å². The minimum absolute atomic E-state index is 0.0495. The Balaban J connectivity index is 2.12. The van der Waals surface area contributed by atoms with Crippen molar-refractivity contribution in [3.05, 3.63) is 18.2 Å². The van der Waals surface area contributed by atoms with E-state index in [2.05, 4.69) is 9.55 Å². The van der Waals surface area contributed by atoms with Gasteiger partial charge in [0.1, 0.15) is 0 Å². The number of nitrogens with two attached hydrogens (primary N) is 1. The van der Waals surface area contributed by atoms with E-state index in [1.807, 2.05) is 0 Å². The van der Waals surface area contributed by atoms with Crippen LogP contribution < -0.4 is 5.73 Å². The van der Waals surface area contributed by atoms with Gasteiger partial charge in [0.15, 0.2) is 0 Å². The quantitative estimate of drug-likeness (QED) is 0.787. The lowest BCUT2D eigenvalue weighted by Crippen LogP contribution is -2.20. The molecule has 3 unspecified atom stereocenters. The zero-order valence-corrected chi connectivity index (χ0v) is 9.54. The second-order valence-corrected chi connectivity index (χ2v) is 4.34. The average Bonchev–Trinajstić information content (AvgIpc) is 2.95. The van der Waals surface area contributed by atoms with Crippen LogP contribution in [0.1, 0.15) is 37.0 Å². The predicted octanol–water partition coefficient (Wildman–Crippen LogP) is 0.615. The molecule has 1 heterocycles. The van der Waals surface area contributed by atoms with Crippen molar-refractivity contribution in [1.82, 2.24) is 9.55 Å². The lowest BCUT2D eigenvalue weighted by molar-refractivity contribution is 0.105. The highest BCUT2D eigenvalue weighted by atomic mass is 16.5. The van der Waals surface area contributed by atoms with E-state index in [4.69, 9.17) is 15.6 Å². The highest BCUT2D eigenvalue weighted by Gasteiger charge is 2.27. The molecule has 1 aromatic rings. The van der Waals surface area contributed by atoms with Crippen molar-refractivity contribution in [2.75, 3.05) is 13.7 Å². The molecule has 0 amide bonds. The summed E-state index contributed by atoms with van der Waals surface area (Å²) in [6.07, 6.45) is 7.03. The van der Waals surface area contributed by atoms with Crippen molar-refractivity contribution in [3.63, 3.8) is 0 Å². The summed E-state index contributed by atoms with van der Waals surface area (Å²) in [7, 11) is 1.75. The van der Waals surface area contributed by atoms with Gasteiger partial charge in [-0.2, -0.15) is 0 Å². The number of nitrogens with zero attached hydrogens (tertiary/aromatic N) is 2. The van der Waals surface area contributed by atoms with Gasteiger partial charge in [0.05, 0.1) is 30.8 Å². The van der Waals surface area contributed by atoms with E-state index in [-0.39, 0.29) is 12.6 Å². The standard InChI is InChI=1S/C11H19N3O2/c1-16-9-3-2-8(4-9)14-7-13-5-11(14)10(12)6-15/h5,7-10,15H,2-4,6,12H2,1H3. The number of methoxy groups -OCH3 is 1. The van der Waals surface area contributed by atoms with Gasteiger partial charge in [-0.1, -0.05) is 0 Å². The second-order valence-electron chi connectivity index (χ2n) is 4.34. The molecule has 1 aliphatic carbocycles. The average molecular weight is 225 g/mol. The van der Waals surface area contributed by atoms with E-state index in [1.165, 1.54) is 0 Å². The Morgan fingerprint density at radius 1 is 1.69 bits per heavy atom. The van der Waals surface area contributed by atoms with Crippen LogP contribution in [-0.2, 0) is 4.74 Å². The summed E-state index contributed by atoms with van der Waals surface area (Å²) < 4.78 is 7.43. The molecule has 1 saturated carbocycles. The fraction of sp³-hybridized carbons (Fsp3) is 0.727. The van der Waals surface area contributed by atoms with E-state index in [9.17, 15) is 0 Å². The first-order chi connectivity index (χ1) is 7.76. The number of hydrogen-bond donors (Lipinski definition) is 2. The lowest BCUT2D eigenvalue weighted by atomic mass is 10.2. The maximum Gasteiger partial charge on any atom is 0.0951 e. The molecule has 0 aliphatic heterocycles. The molecule has 0 saturated heterocycles. The van der Waals surface area contributed by atoms with E-state index in [1.54, 1.807) is 19.6 Å². The summed E-state index contributed by atoms with van der Waals surface area (Å²) >= 11 is 0. The Hall–Kier alpha value is -0.910. The number of ether oxygens (including phenoxy) is 1. The molecular weight excluding hydrogens is 206 g/mol. The molecule has 1 fully saturated rings. The maximum absolute atomic E-state index is 9.08. The third kappa shape index (κ3) is 2.11. The van der Waals surface area contributed by atoms with E-state index in [0.717, 1.165) is 25.0 Å². The topological polar surface area (TPSA) is 73.3 Å². The molecule has 1 aromatic heterocycles. The molecule has 1 aliphatic rings. The molecule has 3 atom stereocenters. The fourth-order valence-corrected chi connectivity index (χ4v) is 2.38. The first-order valence-corrected chi connectivity index (χ1v) is 5.67. The maximum atomic E-state index is 9.08. The predicted molar refractivity (Wildman–Crippen MR) is 59.9 cm³/mol. The zero-order chi connectivity index (χ0) is 11.5. The van der Waals surface area contributed by atoms with E-state index in [0.29, 0.717) is 12.1 Å². The molecule has 0 spiro atoms. The van der Waals surface area contributed by atoms with Crippen LogP contribution in [0, 0.1) is 0 Å².